The minimum atomic E-state index is 0.614. The van der Waals surface area contributed by atoms with Gasteiger partial charge in [-0.25, -0.2) is 0 Å². The molecule has 4 heteroatoms. The number of nitrogens with two attached hydrogens (primary N) is 1. The number of hydrogen-bond acceptors (Lipinski definition) is 3. The van der Waals surface area contributed by atoms with Crippen molar-refractivity contribution in [1.82, 2.24) is 4.98 Å². The lowest BCUT2D eigenvalue weighted by Gasteiger charge is -2.14. The molecular formula is C16H14ClN3. The largest absolute Gasteiger partial charge is 0.396 e. The van der Waals surface area contributed by atoms with Gasteiger partial charge in [-0.3, -0.25) is 4.98 Å². The van der Waals surface area contributed by atoms with E-state index >= 15 is 0 Å². The summed E-state index contributed by atoms with van der Waals surface area (Å²) in [5.41, 5.74) is 10.5. The molecule has 0 saturated carbocycles. The van der Waals surface area contributed by atoms with Crippen LogP contribution in [0.4, 0.5) is 17.1 Å². The Hall–Kier alpha value is -2.26. The second kappa shape index (κ2) is 5.02. The molecule has 0 radical (unpaired) electrons. The molecule has 3 nitrogen and oxygen atoms in total. The first kappa shape index (κ1) is 12.8. The molecule has 0 amide bonds. The minimum absolute atomic E-state index is 0.614. The summed E-state index contributed by atoms with van der Waals surface area (Å²) in [6.07, 6.45) is 1.67. The van der Waals surface area contributed by atoms with E-state index in [0.29, 0.717) is 10.7 Å². The highest BCUT2D eigenvalue weighted by molar-refractivity contribution is 6.30. The number of pyridine rings is 1. The number of nitrogens with one attached hydrogen (secondary N) is 1. The van der Waals surface area contributed by atoms with Crippen molar-refractivity contribution in [2.75, 3.05) is 11.1 Å². The first-order valence-corrected chi connectivity index (χ1v) is 6.69. The van der Waals surface area contributed by atoms with Crippen LogP contribution in [-0.2, 0) is 0 Å². The van der Waals surface area contributed by atoms with Gasteiger partial charge in [0.1, 0.15) is 0 Å². The van der Waals surface area contributed by atoms with Gasteiger partial charge in [0.05, 0.1) is 23.1 Å². The van der Waals surface area contributed by atoms with Gasteiger partial charge in [-0.05, 0) is 30.7 Å². The third-order valence-electron chi connectivity index (χ3n) is 3.26. The second-order valence-electron chi connectivity index (χ2n) is 4.69. The molecule has 20 heavy (non-hydrogen) atoms. The Morgan fingerprint density at radius 2 is 1.95 bits per heavy atom. The highest BCUT2D eigenvalue weighted by atomic mass is 35.5. The van der Waals surface area contributed by atoms with Crippen LogP contribution in [0.15, 0.2) is 48.7 Å². The van der Waals surface area contributed by atoms with Crippen molar-refractivity contribution in [3.05, 3.63) is 59.2 Å². The highest BCUT2D eigenvalue weighted by Gasteiger charge is 2.08. The molecule has 0 fully saturated rings. The van der Waals surface area contributed by atoms with Gasteiger partial charge in [0.2, 0.25) is 0 Å². The predicted octanol–water partition coefficient (Wildman–Crippen LogP) is 4.52. The van der Waals surface area contributed by atoms with E-state index in [9.17, 15) is 0 Å². The summed E-state index contributed by atoms with van der Waals surface area (Å²) in [5, 5.41) is 5.06. The molecule has 1 heterocycles. The summed E-state index contributed by atoms with van der Waals surface area (Å²) in [5.74, 6) is 0. The summed E-state index contributed by atoms with van der Waals surface area (Å²) in [4.78, 5) is 4.33. The first-order chi connectivity index (χ1) is 9.65. The van der Waals surface area contributed by atoms with E-state index in [2.05, 4.69) is 10.3 Å². The number of rotatable bonds is 2. The van der Waals surface area contributed by atoms with Crippen LogP contribution in [0.25, 0.3) is 10.9 Å². The predicted molar refractivity (Wildman–Crippen MR) is 85.6 cm³/mol. The van der Waals surface area contributed by atoms with Crippen molar-refractivity contribution in [3.8, 4) is 0 Å². The van der Waals surface area contributed by atoms with Crippen molar-refractivity contribution < 1.29 is 0 Å². The van der Waals surface area contributed by atoms with Gasteiger partial charge >= 0.3 is 0 Å². The maximum Gasteiger partial charge on any atom is 0.0746 e. The standard InChI is InChI=1S/C16H14ClN3/c1-10-6-7-11(17)8-15(10)20-16-12-4-2-3-5-14(12)19-9-13(16)18/h2-9H,18H2,1H3,(H,19,20). The van der Waals surface area contributed by atoms with E-state index in [-0.39, 0.29) is 0 Å². The maximum absolute atomic E-state index is 6.06. The monoisotopic (exact) mass is 283 g/mol. The van der Waals surface area contributed by atoms with Gasteiger partial charge in [0.15, 0.2) is 0 Å². The van der Waals surface area contributed by atoms with Crippen molar-refractivity contribution >= 4 is 39.6 Å². The SMILES string of the molecule is Cc1ccc(Cl)cc1Nc1c(N)cnc2ccccc12. The van der Waals surface area contributed by atoms with Crippen LogP contribution in [0.3, 0.4) is 0 Å². The van der Waals surface area contributed by atoms with E-state index in [4.69, 9.17) is 17.3 Å². The molecule has 0 aliphatic heterocycles. The lowest BCUT2D eigenvalue weighted by Crippen LogP contribution is -2.00. The molecule has 0 atom stereocenters. The van der Waals surface area contributed by atoms with E-state index < -0.39 is 0 Å². The zero-order valence-electron chi connectivity index (χ0n) is 11.0. The molecule has 3 aromatic rings. The third-order valence-corrected chi connectivity index (χ3v) is 3.50. The molecular weight excluding hydrogens is 270 g/mol. The topological polar surface area (TPSA) is 50.9 Å². The Morgan fingerprint density at radius 1 is 1.15 bits per heavy atom. The Morgan fingerprint density at radius 3 is 2.80 bits per heavy atom. The zero-order chi connectivity index (χ0) is 14.1. The summed E-state index contributed by atoms with van der Waals surface area (Å²) < 4.78 is 0. The highest BCUT2D eigenvalue weighted by Crippen LogP contribution is 2.32. The van der Waals surface area contributed by atoms with Gasteiger partial charge < -0.3 is 11.1 Å². The Kier molecular flexibility index (Phi) is 3.20. The lowest BCUT2D eigenvalue weighted by molar-refractivity contribution is 1.39. The van der Waals surface area contributed by atoms with Gasteiger partial charge in [0.25, 0.3) is 0 Å². The van der Waals surface area contributed by atoms with E-state index in [1.54, 1.807) is 6.20 Å². The third kappa shape index (κ3) is 2.28. The van der Waals surface area contributed by atoms with E-state index in [1.165, 1.54) is 0 Å². The number of aryl methyl sites for hydroxylation is 1. The average molecular weight is 284 g/mol. The fraction of sp³-hybridized carbons (Fsp3) is 0.0625. The van der Waals surface area contributed by atoms with E-state index in [0.717, 1.165) is 27.8 Å². The number of anilines is 3. The summed E-state index contributed by atoms with van der Waals surface area (Å²) in [6, 6.07) is 13.6. The fourth-order valence-corrected chi connectivity index (χ4v) is 2.33. The molecule has 1 aromatic heterocycles. The van der Waals surface area contributed by atoms with Gasteiger partial charge in [-0.2, -0.15) is 0 Å². The molecule has 3 N–H and O–H groups in total. The first-order valence-electron chi connectivity index (χ1n) is 6.31. The van der Waals surface area contributed by atoms with Crippen LogP contribution in [-0.4, -0.2) is 4.98 Å². The Bertz CT molecular complexity index is 784. The molecule has 3 rings (SSSR count). The van der Waals surface area contributed by atoms with Gasteiger partial charge in [0, 0.05) is 16.1 Å². The number of fused-ring (bicyclic) bond motifs is 1. The van der Waals surface area contributed by atoms with Crippen LogP contribution in [0.2, 0.25) is 5.02 Å². The molecule has 0 unspecified atom stereocenters. The molecule has 100 valence electrons. The molecule has 0 bridgehead atoms. The van der Waals surface area contributed by atoms with E-state index in [1.807, 2.05) is 49.4 Å². The zero-order valence-corrected chi connectivity index (χ0v) is 11.8. The number of halogens is 1. The maximum atomic E-state index is 6.06. The number of para-hydroxylation sites is 1. The van der Waals surface area contributed by atoms with Gasteiger partial charge in [-0.1, -0.05) is 35.9 Å². The lowest BCUT2D eigenvalue weighted by atomic mass is 10.1. The van der Waals surface area contributed by atoms with Crippen LogP contribution in [0.5, 0.6) is 0 Å². The number of nitrogens with zero attached hydrogens (tertiary/aromatic N) is 1. The van der Waals surface area contributed by atoms with Crippen molar-refractivity contribution in [3.63, 3.8) is 0 Å². The van der Waals surface area contributed by atoms with Crippen molar-refractivity contribution in [1.29, 1.82) is 0 Å². The molecule has 2 aromatic carbocycles. The molecule has 0 spiro atoms. The number of nitrogen functional groups attached to an aromatic ring is 1. The van der Waals surface area contributed by atoms with Crippen molar-refractivity contribution in [2.45, 2.75) is 6.92 Å². The van der Waals surface area contributed by atoms with Crippen LogP contribution >= 0.6 is 11.6 Å². The second-order valence-corrected chi connectivity index (χ2v) is 5.13. The molecule has 0 aliphatic carbocycles. The number of aromatic nitrogens is 1. The summed E-state index contributed by atoms with van der Waals surface area (Å²) >= 11 is 6.06. The van der Waals surface area contributed by atoms with Crippen molar-refractivity contribution in [2.24, 2.45) is 0 Å². The average Bonchev–Trinajstić information content (AvgIpc) is 2.46. The number of hydrogen-bond donors (Lipinski definition) is 2. The minimum Gasteiger partial charge on any atom is -0.396 e. The van der Waals surface area contributed by atoms with Crippen LogP contribution in [0.1, 0.15) is 5.56 Å². The quantitative estimate of drug-likeness (QED) is 0.727. The Balaban J connectivity index is 2.15. The van der Waals surface area contributed by atoms with Crippen LogP contribution in [0, 0.1) is 6.92 Å². The number of benzene rings is 2. The fourth-order valence-electron chi connectivity index (χ4n) is 2.16. The molecule has 0 aliphatic rings. The normalized spacial score (nSPS) is 10.7. The van der Waals surface area contributed by atoms with Gasteiger partial charge in [-0.15, -0.1) is 0 Å². The van der Waals surface area contributed by atoms with Crippen LogP contribution < -0.4 is 11.1 Å². The molecule has 0 saturated heterocycles. The summed E-state index contributed by atoms with van der Waals surface area (Å²) in [7, 11) is 0. The summed E-state index contributed by atoms with van der Waals surface area (Å²) in [6.45, 7) is 2.03. The Labute approximate surface area is 122 Å². The smallest absolute Gasteiger partial charge is 0.0746 e.